The lowest BCUT2D eigenvalue weighted by Gasteiger charge is -2.08. The highest BCUT2D eigenvalue weighted by atomic mass is 15.0. The number of fused-ring (bicyclic) bond motifs is 1. The molecule has 4 heteroatoms. The van der Waals surface area contributed by atoms with Crippen LogP contribution >= 0.6 is 0 Å². The van der Waals surface area contributed by atoms with E-state index in [1.165, 1.54) is 12.8 Å². The lowest BCUT2D eigenvalue weighted by Crippen LogP contribution is -2.02. The van der Waals surface area contributed by atoms with Gasteiger partial charge in [-0.15, -0.1) is 0 Å². The Morgan fingerprint density at radius 1 is 1.10 bits per heavy atom. The first-order valence-corrected chi connectivity index (χ1v) is 7.27. The third-order valence-corrected chi connectivity index (χ3v) is 3.91. The van der Waals surface area contributed by atoms with Crippen LogP contribution in [0.15, 0.2) is 42.6 Å². The van der Waals surface area contributed by atoms with Crippen LogP contribution in [0.5, 0.6) is 0 Å². The minimum atomic E-state index is 0.351. The summed E-state index contributed by atoms with van der Waals surface area (Å²) in [6.07, 6.45) is 5.41. The zero-order valence-electron chi connectivity index (χ0n) is 11.7. The van der Waals surface area contributed by atoms with E-state index in [1.54, 1.807) is 6.20 Å². The van der Waals surface area contributed by atoms with E-state index in [0.717, 1.165) is 40.2 Å². The fourth-order valence-corrected chi connectivity index (χ4v) is 2.70. The van der Waals surface area contributed by atoms with E-state index in [0.29, 0.717) is 5.95 Å². The number of nitrogens with zero attached hydrogens (tertiary/aromatic N) is 3. The average molecular weight is 276 g/mol. The van der Waals surface area contributed by atoms with Gasteiger partial charge in [-0.3, -0.25) is 4.98 Å². The van der Waals surface area contributed by atoms with Crippen molar-refractivity contribution in [2.75, 3.05) is 5.73 Å². The van der Waals surface area contributed by atoms with Gasteiger partial charge in [-0.25, -0.2) is 9.97 Å². The lowest BCUT2D eigenvalue weighted by molar-refractivity contribution is 0.802. The van der Waals surface area contributed by atoms with Crippen molar-refractivity contribution >= 4 is 16.9 Å². The van der Waals surface area contributed by atoms with Crippen molar-refractivity contribution in [3.8, 4) is 11.3 Å². The van der Waals surface area contributed by atoms with Crippen LogP contribution in [0.4, 0.5) is 5.95 Å². The van der Waals surface area contributed by atoms with E-state index in [2.05, 4.69) is 33.2 Å². The highest BCUT2D eigenvalue weighted by molar-refractivity contribution is 5.93. The van der Waals surface area contributed by atoms with Crippen LogP contribution in [-0.4, -0.2) is 15.0 Å². The highest BCUT2D eigenvalue weighted by Crippen LogP contribution is 2.33. The third-order valence-electron chi connectivity index (χ3n) is 3.91. The predicted molar refractivity (Wildman–Crippen MR) is 83.6 cm³/mol. The lowest BCUT2D eigenvalue weighted by atomic mass is 10.0. The Hall–Kier alpha value is -2.49. The summed E-state index contributed by atoms with van der Waals surface area (Å²) >= 11 is 0. The number of benzene rings is 1. The summed E-state index contributed by atoms with van der Waals surface area (Å²) in [5.41, 5.74) is 9.86. The molecule has 2 aromatic heterocycles. The molecule has 4 rings (SSSR count). The Balaban J connectivity index is 1.85. The smallest absolute Gasteiger partial charge is 0.220 e. The van der Waals surface area contributed by atoms with Crippen LogP contribution in [0.3, 0.4) is 0 Å². The fourth-order valence-electron chi connectivity index (χ4n) is 2.70. The van der Waals surface area contributed by atoms with E-state index in [1.807, 2.05) is 18.2 Å². The van der Waals surface area contributed by atoms with Gasteiger partial charge < -0.3 is 5.73 Å². The molecule has 2 heterocycles. The Labute approximate surface area is 123 Å². The molecule has 3 aromatic rings. The minimum Gasteiger partial charge on any atom is -0.368 e. The molecule has 0 atom stereocenters. The number of aromatic nitrogens is 3. The standard InChI is InChI=1S/C17H16N4/c18-17-20-12(9-11-6-7-11)10-16(21-17)14-3-1-5-15-13(14)4-2-8-19-15/h1-5,8,10-11H,6-7,9H2,(H2,18,20,21). The van der Waals surface area contributed by atoms with E-state index < -0.39 is 0 Å². The van der Waals surface area contributed by atoms with Crippen molar-refractivity contribution in [1.82, 2.24) is 15.0 Å². The van der Waals surface area contributed by atoms with Gasteiger partial charge in [-0.2, -0.15) is 0 Å². The van der Waals surface area contributed by atoms with Crippen molar-refractivity contribution in [3.63, 3.8) is 0 Å². The molecule has 0 amide bonds. The summed E-state index contributed by atoms with van der Waals surface area (Å²) in [6.45, 7) is 0. The number of hydrogen-bond donors (Lipinski definition) is 1. The summed E-state index contributed by atoms with van der Waals surface area (Å²) < 4.78 is 0. The van der Waals surface area contributed by atoms with Gasteiger partial charge in [0.15, 0.2) is 0 Å². The number of pyridine rings is 1. The molecule has 0 radical (unpaired) electrons. The molecule has 1 fully saturated rings. The summed E-state index contributed by atoms with van der Waals surface area (Å²) in [5.74, 6) is 1.13. The van der Waals surface area contributed by atoms with Crippen molar-refractivity contribution in [3.05, 3.63) is 48.3 Å². The number of nitrogen functional groups attached to an aromatic ring is 1. The molecule has 4 nitrogen and oxygen atoms in total. The molecule has 1 aliphatic carbocycles. The second-order valence-corrected chi connectivity index (χ2v) is 5.63. The Morgan fingerprint density at radius 3 is 2.86 bits per heavy atom. The predicted octanol–water partition coefficient (Wildman–Crippen LogP) is 3.23. The second-order valence-electron chi connectivity index (χ2n) is 5.63. The maximum Gasteiger partial charge on any atom is 0.220 e. The van der Waals surface area contributed by atoms with Gasteiger partial charge >= 0.3 is 0 Å². The van der Waals surface area contributed by atoms with Crippen LogP contribution in [0.25, 0.3) is 22.2 Å². The van der Waals surface area contributed by atoms with Crippen LogP contribution in [0, 0.1) is 5.92 Å². The first-order chi connectivity index (χ1) is 10.3. The second kappa shape index (κ2) is 4.81. The maximum atomic E-state index is 5.90. The molecule has 2 N–H and O–H groups in total. The molecule has 0 bridgehead atoms. The summed E-state index contributed by atoms with van der Waals surface area (Å²) in [5, 5.41) is 1.09. The van der Waals surface area contributed by atoms with Gasteiger partial charge in [0, 0.05) is 22.8 Å². The van der Waals surface area contributed by atoms with Crippen LogP contribution in [-0.2, 0) is 6.42 Å². The van der Waals surface area contributed by atoms with Gasteiger partial charge in [-0.05, 0) is 43.4 Å². The quantitative estimate of drug-likeness (QED) is 0.797. The zero-order valence-corrected chi connectivity index (χ0v) is 11.7. The SMILES string of the molecule is Nc1nc(CC2CC2)cc(-c2cccc3ncccc23)n1. The number of rotatable bonds is 3. The maximum absolute atomic E-state index is 5.90. The fraction of sp³-hybridized carbons (Fsp3) is 0.235. The van der Waals surface area contributed by atoms with Crippen molar-refractivity contribution in [1.29, 1.82) is 0 Å². The molecule has 0 spiro atoms. The summed E-state index contributed by atoms with van der Waals surface area (Å²) in [7, 11) is 0. The average Bonchev–Trinajstić information content (AvgIpc) is 3.30. The molecule has 1 aromatic carbocycles. The van der Waals surface area contributed by atoms with Gasteiger partial charge in [-0.1, -0.05) is 18.2 Å². The van der Waals surface area contributed by atoms with E-state index >= 15 is 0 Å². The molecule has 1 aliphatic rings. The van der Waals surface area contributed by atoms with E-state index in [4.69, 9.17) is 5.73 Å². The summed E-state index contributed by atoms with van der Waals surface area (Å²) in [6, 6.07) is 12.2. The molecule has 0 aliphatic heterocycles. The van der Waals surface area contributed by atoms with Crippen molar-refractivity contribution < 1.29 is 0 Å². The van der Waals surface area contributed by atoms with Crippen LogP contribution < -0.4 is 5.73 Å². The Bertz CT molecular complexity index is 803. The summed E-state index contributed by atoms with van der Waals surface area (Å²) in [4.78, 5) is 13.2. The van der Waals surface area contributed by atoms with Crippen molar-refractivity contribution in [2.24, 2.45) is 5.92 Å². The normalized spacial score (nSPS) is 14.5. The van der Waals surface area contributed by atoms with Gasteiger partial charge in [0.1, 0.15) is 0 Å². The molecule has 0 saturated heterocycles. The molecule has 1 saturated carbocycles. The minimum absolute atomic E-state index is 0.351. The first-order valence-electron chi connectivity index (χ1n) is 7.27. The van der Waals surface area contributed by atoms with Crippen LogP contribution in [0.1, 0.15) is 18.5 Å². The Kier molecular flexibility index (Phi) is 2.81. The highest BCUT2D eigenvalue weighted by Gasteiger charge is 2.22. The molecule has 0 unspecified atom stereocenters. The van der Waals surface area contributed by atoms with Crippen LogP contribution in [0.2, 0.25) is 0 Å². The number of anilines is 1. The van der Waals surface area contributed by atoms with Crippen molar-refractivity contribution in [2.45, 2.75) is 19.3 Å². The zero-order chi connectivity index (χ0) is 14.2. The van der Waals surface area contributed by atoms with E-state index in [9.17, 15) is 0 Å². The largest absolute Gasteiger partial charge is 0.368 e. The third kappa shape index (κ3) is 2.44. The molecular weight excluding hydrogens is 260 g/mol. The molecular formula is C17H16N4. The first kappa shape index (κ1) is 12.3. The van der Waals surface area contributed by atoms with Gasteiger partial charge in [0.05, 0.1) is 11.2 Å². The monoisotopic (exact) mass is 276 g/mol. The van der Waals surface area contributed by atoms with E-state index in [-0.39, 0.29) is 0 Å². The topological polar surface area (TPSA) is 64.7 Å². The number of hydrogen-bond acceptors (Lipinski definition) is 4. The van der Waals surface area contributed by atoms with Gasteiger partial charge in [0.2, 0.25) is 5.95 Å². The molecule has 104 valence electrons. The Morgan fingerprint density at radius 2 is 2.00 bits per heavy atom. The number of nitrogens with two attached hydrogens (primary N) is 1. The molecule has 21 heavy (non-hydrogen) atoms. The van der Waals surface area contributed by atoms with Gasteiger partial charge in [0.25, 0.3) is 0 Å².